The van der Waals surface area contributed by atoms with E-state index in [-0.39, 0.29) is 0 Å². The highest BCUT2D eigenvalue weighted by molar-refractivity contribution is 5.29. The van der Waals surface area contributed by atoms with Crippen molar-refractivity contribution in [2.24, 2.45) is 0 Å². The quantitative estimate of drug-likeness (QED) is 0.692. The van der Waals surface area contributed by atoms with Gasteiger partial charge >= 0.3 is 0 Å². The van der Waals surface area contributed by atoms with Crippen molar-refractivity contribution in [1.82, 2.24) is 0 Å². The average Bonchev–Trinajstić information content (AvgIpc) is 2.49. The molecule has 0 bridgehead atoms. The zero-order chi connectivity index (χ0) is 15.1. The lowest BCUT2D eigenvalue weighted by atomic mass is 9.99. The number of benzene rings is 1. The van der Waals surface area contributed by atoms with Crippen LogP contribution in [-0.4, -0.2) is 25.6 Å². The molecule has 1 heterocycles. The van der Waals surface area contributed by atoms with Gasteiger partial charge in [-0.05, 0) is 31.0 Å². The molecule has 0 N–H and O–H groups in total. The van der Waals surface area contributed by atoms with E-state index in [0.717, 1.165) is 51.3 Å². The molecule has 0 atom stereocenters. The molecule has 0 saturated carbocycles. The SMILES string of the molecule is CCCCOc1ccc([C@H]2CO[C@](C)(CCC)OC2)cc1. The molecular weight excluding hydrogens is 264 g/mol. The van der Waals surface area contributed by atoms with Crippen molar-refractivity contribution in [2.75, 3.05) is 19.8 Å². The summed E-state index contributed by atoms with van der Waals surface area (Å²) in [6.07, 6.45) is 4.28. The Balaban J connectivity index is 1.86. The fraction of sp³-hybridized carbons (Fsp3) is 0.667. The van der Waals surface area contributed by atoms with Gasteiger partial charge in [0, 0.05) is 12.3 Å². The second kappa shape index (κ2) is 7.81. The minimum absolute atomic E-state index is 0.319. The summed E-state index contributed by atoms with van der Waals surface area (Å²) in [6.45, 7) is 8.61. The molecule has 2 rings (SSSR count). The zero-order valence-corrected chi connectivity index (χ0v) is 13.6. The van der Waals surface area contributed by atoms with Gasteiger partial charge in [-0.25, -0.2) is 0 Å². The summed E-state index contributed by atoms with van der Waals surface area (Å²) < 4.78 is 17.5. The van der Waals surface area contributed by atoms with Gasteiger partial charge in [0.1, 0.15) is 5.75 Å². The topological polar surface area (TPSA) is 27.7 Å². The molecule has 0 spiro atoms. The minimum Gasteiger partial charge on any atom is -0.494 e. The van der Waals surface area contributed by atoms with E-state index in [1.165, 1.54) is 5.56 Å². The maximum absolute atomic E-state index is 5.93. The third-order valence-corrected chi connectivity index (χ3v) is 4.00. The summed E-state index contributed by atoms with van der Waals surface area (Å²) in [6, 6.07) is 8.35. The largest absolute Gasteiger partial charge is 0.494 e. The molecule has 118 valence electrons. The third-order valence-electron chi connectivity index (χ3n) is 4.00. The predicted octanol–water partition coefficient (Wildman–Crippen LogP) is 4.51. The first kappa shape index (κ1) is 16.3. The standard InChI is InChI=1S/C18H28O3/c1-4-6-12-19-17-9-7-15(8-10-17)16-13-20-18(3,11-5-2)21-14-16/h7-10,16H,4-6,11-14H2,1-3H3/t16-,18-. The third kappa shape index (κ3) is 4.72. The Morgan fingerprint density at radius 1 is 1.10 bits per heavy atom. The summed E-state index contributed by atoms with van der Waals surface area (Å²) in [5.74, 6) is 0.870. The predicted molar refractivity (Wildman–Crippen MR) is 84.8 cm³/mol. The van der Waals surface area contributed by atoms with Gasteiger partial charge in [0.15, 0.2) is 5.79 Å². The monoisotopic (exact) mass is 292 g/mol. The van der Waals surface area contributed by atoms with Crippen LogP contribution in [0.1, 0.15) is 57.9 Å². The smallest absolute Gasteiger partial charge is 0.165 e. The van der Waals surface area contributed by atoms with E-state index >= 15 is 0 Å². The highest BCUT2D eigenvalue weighted by atomic mass is 16.7. The molecule has 0 unspecified atom stereocenters. The summed E-state index contributed by atoms with van der Waals surface area (Å²) in [5.41, 5.74) is 1.26. The molecule has 1 aliphatic heterocycles. The Labute approximate surface area is 128 Å². The van der Waals surface area contributed by atoms with Crippen LogP contribution in [0.5, 0.6) is 5.75 Å². The first-order valence-corrected chi connectivity index (χ1v) is 8.17. The molecule has 0 aromatic heterocycles. The molecule has 1 fully saturated rings. The maximum atomic E-state index is 5.93. The Morgan fingerprint density at radius 2 is 1.76 bits per heavy atom. The molecule has 1 aromatic rings. The molecule has 3 nitrogen and oxygen atoms in total. The lowest BCUT2D eigenvalue weighted by molar-refractivity contribution is -0.265. The Morgan fingerprint density at radius 3 is 2.33 bits per heavy atom. The van der Waals surface area contributed by atoms with E-state index in [2.05, 4.69) is 26.0 Å². The normalized spacial score (nSPS) is 25.8. The maximum Gasteiger partial charge on any atom is 0.165 e. The number of rotatable bonds is 7. The van der Waals surface area contributed by atoms with Gasteiger partial charge in [0.25, 0.3) is 0 Å². The van der Waals surface area contributed by atoms with Crippen molar-refractivity contribution in [1.29, 1.82) is 0 Å². The fourth-order valence-corrected chi connectivity index (χ4v) is 2.61. The van der Waals surface area contributed by atoms with Crippen molar-refractivity contribution in [3.05, 3.63) is 29.8 Å². The summed E-state index contributed by atoms with van der Waals surface area (Å²) in [7, 11) is 0. The van der Waals surface area contributed by atoms with Gasteiger partial charge in [-0.1, -0.05) is 38.8 Å². The molecule has 0 radical (unpaired) electrons. The van der Waals surface area contributed by atoms with Crippen molar-refractivity contribution < 1.29 is 14.2 Å². The van der Waals surface area contributed by atoms with E-state index < -0.39 is 5.79 Å². The van der Waals surface area contributed by atoms with Gasteiger partial charge in [0.2, 0.25) is 0 Å². The molecule has 1 aliphatic rings. The van der Waals surface area contributed by atoms with Crippen LogP contribution < -0.4 is 4.74 Å². The molecule has 0 aliphatic carbocycles. The van der Waals surface area contributed by atoms with Crippen molar-refractivity contribution in [3.8, 4) is 5.75 Å². The van der Waals surface area contributed by atoms with E-state index in [1.54, 1.807) is 0 Å². The van der Waals surface area contributed by atoms with E-state index in [0.29, 0.717) is 5.92 Å². The first-order chi connectivity index (χ1) is 10.2. The van der Waals surface area contributed by atoms with Crippen LogP contribution in [0.25, 0.3) is 0 Å². The Kier molecular flexibility index (Phi) is 6.07. The number of ether oxygens (including phenoxy) is 3. The van der Waals surface area contributed by atoms with Gasteiger partial charge in [-0.2, -0.15) is 0 Å². The molecule has 3 heteroatoms. The van der Waals surface area contributed by atoms with Crippen LogP contribution in [0.4, 0.5) is 0 Å². The lowest BCUT2D eigenvalue weighted by Crippen LogP contribution is -2.40. The minimum atomic E-state index is -0.394. The number of unbranched alkanes of at least 4 members (excludes halogenated alkanes) is 1. The lowest BCUT2D eigenvalue weighted by Gasteiger charge is -2.37. The second-order valence-electron chi connectivity index (χ2n) is 5.97. The molecule has 21 heavy (non-hydrogen) atoms. The van der Waals surface area contributed by atoms with Crippen molar-refractivity contribution in [2.45, 2.75) is 58.2 Å². The Hall–Kier alpha value is -1.06. The van der Waals surface area contributed by atoms with Crippen LogP contribution >= 0.6 is 0 Å². The molecule has 1 saturated heterocycles. The summed E-state index contributed by atoms with van der Waals surface area (Å²) in [4.78, 5) is 0. The highest BCUT2D eigenvalue weighted by Gasteiger charge is 2.32. The first-order valence-electron chi connectivity index (χ1n) is 8.17. The van der Waals surface area contributed by atoms with Crippen LogP contribution in [0.3, 0.4) is 0 Å². The number of hydrogen-bond donors (Lipinski definition) is 0. The van der Waals surface area contributed by atoms with Gasteiger partial charge in [0.05, 0.1) is 19.8 Å². The van der Waals surface area contributed by atoms with Crippen LogP contribution in [-0.2, 0) is 9.47 Å². The van der Waals surface area contributed by atoms with E-state index in [1.807, 2.05) is 19.1 Å². The van der Waals surface area contributed by atoms with Crippen molar-refractivity contribution >= 4 is 0 Å². The van der Waals surface area contributed by atoms with Crippen LogP contribution in [0.15, 0.2) is 24.3 Å². The van der Waals surface area contributed by atoms with Gasteiger partial charge in [-0.15, -0.1) is 0 Å². The van der Waals surface area contributed by atoms with E-state index in [9.17, 15) is 0 Å². The number of hydrogen-bond acceptors (Lipinski definition) is 3. The van der Waals surface area contributed by atoms with E-state index in [4.69, 9.17) is 14.2 Å². The highest BCUT2D eigenvalue weighted by Crippen LogP contribution is 2.31. The van der Waals surface area contributed by atoms with Crippen LogP contribution in [0, 0.1) is 0 Å². The summed E-state index contributed by atoms with van der Waals surface area (Å²) >= 11 is 0. The van der Waals surface area contributed by atoms with Gasteiger partial charge < -0.3 is 14.2 Å². The van der Waals surface area contributed by atoms with Gasteiger partial charge in [-0.3, -0.25) is 0 Å². The molecule has 1 aromatic carbocycles. The van der Waals surface area contributed by atoms with Crippen LogP contribution in [0.2, 0.25) is 0 Å². The van der Waals surface area contributed by atoms with Crippen molar-refractivity contribution in [3.63, 3.8) is 0 Å². The molecular formula is C18H28O3. The average molecular weight is 292 g/mol. The Bertz CT molecular complexity index is 405. The summed E-state index contributed by atoms with van der Waals surface area (Å²) in [5, 5.41) is 0. The fourth-order valence-electron chi connectivity index (χ4n) is 2.61. The molecule has 0 amide bonds. The zero-order valence-electron chi connectivity index (χ0n) is 13.6. The second-order valence-corrected chi connectivity index (χ2v) is 5.97.